The molecule has 36 heavy (non-hydrogen) atoms. The van der Waals surface area contributed by atoms with Crippen LogP contribution in [0.3, 0.4) is 0 Å². The van der Waals surface area contributed by atoms with E-state index in [1.165, 1.54) is 29.5 Å². The maximum Gasteiger partial charge on any atom is 0.235 e. The molecule has 2 saturated carbocycles. The van der Waals surface area contributed by atoms with Crippen molar-refractivity contribution in [2.45, 2.75) is 56.1 Å². The van der Waals surface area contributed by atoms with Gasteiger partial charge in [-0.15, -0.1) is 0 Å². The van der Waals surface area contributed by atoms with E-state index < -0.39 is 0 Å². The van der Waals surface area contributed by atoms with Gasteiger partial charge in [0, 0.05) is 30.9 Å². The number of ether oxygens (including phenoxy) is 1. The molecule has 2 aliphatic carbocycles. The third-order valence-corrected chi connectivity index (χ3v) is 9.71. The minimum Gasteiger partial charge on any atom is -0.497 e. The molecule has 0 bridgehead atoms. The summed E-state index contributed by atoms with van der Waals surface area (Å²) in [6.07, 6.45) is 10.3. The van der Waals surface area contributed by atoms with E-state index in [0.717, 1.165) is 49.4 Å². The van der Waals surface area contributed by atoms with Crippen molar-refractivity contribution in [1.29, 1.82) is 0 Å². The number of rotatable bonds is 4. The number of amides is 1. The standard InChI is InChI=1S/C30H36N4O2/c1-34-12-11-19-5-3-18(13-21(19)17-34)4-9-26-23-8-6-20(14-28(23)33-32-26)25-16-30(25)24-15-22(36-2)7-10-27(24)31-29(30)35/h3-5,7,9-10,13,15,20,23,25-26,28,32-33H,6,8,11-12,14,16-17H2,1-2H3,(H,31,35)/b9-4+/t20?,23?,25-,26?,28?,30-/m0/s1. The molecule has 6 nitrogen and oxygen atoms in total. The highest BCUT2D eigenvalue weighted by Crippen LogP contribution is 2.65. The molecule has 1 spiro atoms. The second-order valence-corrected chi connectivity index (χ2v) is 11.7. The molecule has 1 saturated heterocycles. The van der Waals surface area contributed by atoms with Gasteiger partial charge in [0.1, 0.15) is 5.75 Å². The van der Waals surface area contributed by atoms with Crippen LogP contribution in [0.4, 0.5) is 5.69 Å². The number of hydrogen-bond acceptors (Lipinski definition) is 5. The molecule has 3 N–H and O–H groups in total. The molecule has 188 valence electrons. The fraction of sp³-hybridized carbons (Fsp3) is 0.500. The highest BCUT2D eigenvalue weighted by Gasteiger charge is 2.67. The molecular formula is C30H36N4O2. The van der Waals surface area contributed by atoms with Crippen LogP contribution in [0.15, 0.2) is 42.5 Å². The Morgan fingerprint density at radius 1 is 1.11 bits per heavy atom. The van der Waals surface area contributed by atoms with Gasteiger partial charge in [-0.3, -0.25) is 15.6 Å². The Bertz CT molecular complexity index is 1240. The monoisotopic (exact) mass is 484 g/mol. The van der Waals surface area contributed by atoms with Gasteiger partial charge >= 0.3 is 0 Å². The van der Waals surface area contributed by atoms with Gasteiger partial charge in [0.25, 0.3) is 0 Å². The van der Waals surface area contributed by atoms with Gasteiger partial charge in [0.2, 0.25) is 5.91 Å². The third-order valence-electron chi connectivity index (χ3n) is 9.71. The summed E-state index contributed by atoms with van der Waals surface area (Å²) in [5.41, 5.74) is 13.2. The van der Waals surface area contributed by atoms with E-state index in [9.17, 15) is 4.79 Å². The number of hydrogen-bond donors (Lipinski definition) is 3. The first-order valence-corrected chi connectivity index (χ1v) is 13.5. The van der Waals surface area contributed by atoms with Gasteiger partial charge in [-0.1, -0.05) is 30.4 Å². The zero-order valence-electron chi connectivity index (χ0n) is 21.2. The van der Waals surface area contributed by atoms with Gasteiger partial charge in [-0.05, 0) is 97.4 Å². The van der Waals surface area contributed by atoms with Gasteiger partial charge < -0.3 is 15.0 Å². The smallest absolute Gasteiger partial charge is 0.235 e. The molecule has 5 aliphatic rings. The van der Waals surface area contributed by atoms with Crippen molar-refractivity contribution in [3.05, 3.63) is 64.7 Å². The summed E-state index contributed by atoms with van der Waals surface area (Å²) in [4.78, 5) is 15.5. The Hall–Kier alpha value is -2.67. The van der Waals surface area contributed by atoms with Crippen LogP contribution in [0, 0.1) is 17.8 Å². The minimum absolute atomic E-state index is 0.187. The van der Waals surface area contributed by atoms with Crippen LogP contribution in [-0.4, -0.2) is 43.6 Å². The van der Waals surface area contributed by atoms with Crippen LogP contribution in [0.1, 0.15) is 47.9 Å². The van der Waals surface area contributed by atoms with Crippen LogP contribution >= 0.6 is 0 Å². The summed E-state index contributed by atoms with van der Waals surface area (Å²) in [6.45, 7) is 2.20. The number of fused-ring (bicyclic) bond motifs is 4. The molecule has 4 unspecified atom stereocenters. The Labute approximate surface area is 213 Å². The third kappa shape index (κ3) is 3.53. The van der Waals surface area contributed by atoms with E-state index in [2.05, 4.69) is 64.5 Å². The van der Waals surface area contributed by atoms with Crippen molar-refractivity contribution in [2.24, 2.45) is 17.8 Å². The second kappa shape index (κ2) is 8.44. The summed E-state index contributed by atoms with van der Waals surface area (Å²) in [5.74, 6) is 2.62. The number of anilines is 1. The van der Waals surface area contributed by atoms with Crippen LogP contribution in [0.25, 0.3) is 6.08 Å². The summed E-state index contributed by atoms with van der Waals surface area (Å²) in [7, 11) is 3.90. The van der Waals surface area contributed by atoms with E-state index in [1.54, 1.807) is 7.11 Å². The summed E-state index contributed by atoms with van der Waals surface area (Å²) in [5, 5.41) is 3.14. The number of benzene rings is 2. The maximum absolute atomic E-state index is 13.1. The van der Waals surface area contributed by atoms with E-state index in [1.807, 2.05) is 12.1 Å². The Morgan fingerprint density at radius 3 is 2.92 bits per heavy atom. The number of methoxy groups -OCH3 is 1. The SMILES string of the molecule is COc1ccc2c(c1)[C@]1(C[C@H]1C1CCC3C(/C=C/c4ccc5c(c4)CN(C)CC5)NNC3C1)C(=O)N2. The van der Waals surface area contributed by atoms with Crippen LogP contribution in [0.2, 0.25) is 0 Å². The molecule has 6 atom stereocenters. The number of hydrazine groups is 1. The van der Waals surface area contributed by atoms with Crippen molar-refractivity contribution in [2.75, 3.05) is 26.0 Å². The number of carbonyl (C=O) groups excluding carboxylic acids is 1. The fourth-order valence-corrected chi connectivity index (χ4v) is 7.64. The number of carbonyl (C=O) groups is 1. The molecule has 0 radical (unpaired) electrons. The molecule has 3 fully saturated rings. The zero-order valence-corrected chi connectivity index (χ0v) is 21.2. The topological polar surface area (TPSA) is 65.6 Å². The summed E-state index contributed by atoms with van der Waals surface area (Å²) in [6, 6.07) is 13.8. The first kappa shape index (κ1) is 22.5. The minimum atomic E-state index is -0.340. The maximum atomic E-state index is 13.1. The van der Waals surface area contributed by atoms with E-state index in [4.69, 9.17) is 4.74 Å². The van der Waals surface area contributed by atoms with Gasteiger partial charge in [-0.25, -0.2) is 0 Å². The Kier molecular flexibility index (Phi) is 5.28. The summed E-state index contributed by atoms with van der Waals surface area (Å²) < 4.78 is 5.47. The first-order chi connectivity index (χ1) is 17.5. The lowest BCUT2D eigenvalue weighted by Crippen LogP contribution is -2.37. The largest absolute Gasteiger partial charge is 0.497 e. The van der Waals surface area contributed by atoms with Crippen LogP contribution in [-0.2, 0) is 23.2 Å². The van der Waals surface area contributed by atoms with Crippen molar-refractivity contribution in [3.63, 3.8) is 0 Å². The predicted molar refractivity (Wildman–Crippen MR) is 142 cm³/mol. The molecule has 0 aromatic heterocycles. The molecule has 3 heterocycles. The van der Waals surface area contributed by atoms with E-state index >= 15 is 0 Å². The van der Waals surface area contributed by atoms with Gasteiger partial charge in [-0.2, -0.15) is 0 Å². The highest BCUT2D eigenvalue weighted by molar-refractivity contribution is 6.09. The highest BCUT2D eigenvalue weighted by atomic mass is 16.5. The average molecular weight is 485 g/mol. The molecule has 2 aromatic carbocycles. The fourth-order valence-electron chi connectivity index (χ4n) is 7.64. The lowest BCUT2D eigenvalue weighted by atomic mass is 9.73. The van der Waals surface area contributed by atoms with Gasteiger partial charge in [0.05, 0.1) is 12.5 Å². The normalized spacial score (nSPS) is 34.9. The van der Waals surface area contributed by atoms with Crippen molar-refractivity contribution in [3.8, 4) is 5.75 Å². The van der Waals surface area contributed by atoms with Crippen LogP contribution in [0.5, 0.6) is 5.75 Å². The Balaban J connectivity index is 1.02. The lowest BCUT2D eigenvalue weighted by molar-refractivity contribution is -0.118. The molecule has 2 aromatic rings. The lowest BCUT2D eigenvalue weighted by Gasteiger charge is -2.33. The average Bonchev–Trinajstić information content (AvgIpc) is 3.43. The quantitative estimate of drug-likeness (QED) is 0.615. The van der Waals surface area contributed by atoms with Crippen molar-refractivity contribution in [1.82, 2.24) is 15.8 Å². The Morgan fingerprint density at radius 2 is 2.03 bits per heavy atom. The number of likely N-dealkylation sites (N-methyl/N-ethyl adjacent to an activating group) is 1. The molecule has 1 amide bonds. The summed E-state index contributed by atoms with van der Waals surface area (Å²) >= 11 is 0. The number of nitrogens with one attached hydrogen (secondary N) is 3. The van der Waals surface area contributed by atoms with Gasteiger partial charge in [0.15, 0.2) is 0 Å². The predicted octanol–water partition coefficient (Wildman–Crippen LogP) is 3.87. The molecule has 6 heteroatoms. The zero-order chi connectivity index (χ0) is 24.4. The number of nitrogens with zero attached hydrogens (tertiary/aromatic N) is 1. The molecule has 7 rings (SSSR count). The van der Waals surface area contributed by atoms with E-state index in [-0.39, 0.29) is 11.3 Å². The molecule has 3 aliphatic heterocycles. The van der Waals surface area contributed by atoms with Crippen molar-refractivity contribution < 1.29 is 9.53 Å². The first-order valence-electron chi connectivity index (χ1n) is 13.5. The van der Waals surface area contributed by atoms with Crippen LogP contribution < -0.4 is 20.9 Å². The molecular weight excluding hydrogens is 448 g/mol. The van der Waals surface area contributed by atoms with Crippen molar-refractivity contribution >= 4 is 17.7 Å². The van der Waals surface area contributed by atoms with E-state index in [0.29, 0.717) is 29.8 Å². The second-order valence-electron chi connectivity index (χ2n) is 11.7.